The van der Waals surface area contributed by atoms with Crippen LogP contribution in [0.2, 0.25) is 0 Å². The van der Waals surface area contributed by atoms with Gasteiger partial charge < -0.3 is 10.2 Å². The van der Waals surface area contributed by atoms with Gasteiger partial charge in [-0.25, -0.2) is 9.37 Å². The summed E-state index contributed by atoms with van der Waals surface area (Å²) in [4.78, 5) is 14.5. The SMILES string of the molecule is Fc1cnc(NC2CCN(Cc3cccs3)CC2)nc1N1CCCC1. The second-order valence-corrected chi connectivity index (χ2v) is 7.87. The fourth-order valence-electron chi connectivity index (χ4n) is 3.62. The predicted molar refractivity (Wildman–Crippen MR) is 99.7 cm³/mol. The predicted octanol–water partition coefficient (Wildman–Crippen LogP) is 3.35. The molecule has 2 aromatic rings. The van der Waals surface area contributed by atoms with Gasteiger partial charge in [0, 0.05) is 43.6 Å². The third-order valence-corrected chi connectivity index (χ3v) is 5.87. The van der Waals surface area contributed by atoms with E-state index in [1.165, 1.54) is 11.1 Å². The van der Waals surface area contributed by atoms with Gasteiger partial charge in [0.1, 0.15) is 0 Å². The van der Waals surface area contributed by atoms with E-state index >= 15 is 0 Å². The van der Waals surface area contributed by atoms with E-state index in [0.29, 0.717) is 17.8 Å². The summed E-state index contributed by atoms with van der Waals surface area (Å²) in [6.07, 6.45) is 5.63. The molecule has 2 fully saturated rings. The molecule has 0 atom stereocenters. The number of thiophene rings is 1. The number of halogens is 1. The minimum absolute atomic E-state index is 0.321. The molecule has 0 bridgehead atoms. The summed E-state index contributed by atoms with van der Waals surface area (Å²) in [6, 6.07) is 4.66. The number of piperidine rings is 1. The number of rotatable bonds is 5. The van der Waals surface area contributed by atoms with Crippen LogP contribution in [0.5, 0.6) is 0 Å². The van der Waals surface area contributed by atoms with Crippen molar-refractivity contribution in [1.29, 1.82) is 0 Å². The molecule has 4 heterocycles. The van der Waals surface area contributed by atoms with Crippen LogP contribution in [0.4, 0.5) is 16.2 Å². The van der Waals surface area contributed by atoms with Crippen LogP contribution in [0.1, 0.15) is 30.6 Å². The van der Waals surface area contributed by atoms with Gasteiger partial charge in [0.05, 0.1) is 6.20 Å². The molecule has 2 aliphatic rings. The summed E-state index contributed by atoms with van der Waals surface area (Å²) < 4.78 is 14.0. The van der Waals surface area contributed by atoms with Gasteiger partial charge in [-0.1, -0.05) is 6.07 Å². The summed E-state index contributed by atoms with van der Waals surface area (Å²) in [6.45, 7) is 4.94. The fourth-order valence-corrected chi connectivity index (χ4v) is 4.37. The van der Waals surface area contributed by atoms with E-state index in [1.807, 2.05) is 16.2 Å². The first kappa shape index (κ1) is 16.7. The Kier molecular flexibility index (Phi) is 5.12. The average molecular weight is 361 g/mol. The lowest BCUT2D eigenvalue weighted by Gasteiger charge is -2.32. The minimum Gasteiger partial charge on any atom is -0.354 e. The summed E-state index contributed by atoms with van der Waals surface area (Å²) in [7, 11) is 0. The number of likely N-dealkylation sites (tertiary alicyclic amines) is 1. The summed E-state index contributed by atoms with van der Waals surface area (Å²) in [5.41, 5.74) is 0. The molecule has 0 spiro atoms. The van der Waals surface area contributed by atoms with Crippen molar-refractivity contribution in [2.75, 3.05) is 36.4 Å². The van der Waals surface area contributed by atoms with E-state index in [1.54, 1.807) is 0 Å². The zero-order chi connectivity index (χ0) is 17.1. The molecule has 2 aliphatic heterocycles. The molecular formula is C18H24FN5S. The summed E-state index contributed by atoms with van der Waals surface area (Å²) in [5.74, 6) is 0.684. The van der Waals surface area contributed by atoms with E-state index in [2.05, 4.69) is 37.7 Å². The Morgan fingerprint density at radius 3 is 2.72 bits per heavy atom. The van der Waals surface area contributed by atoms with Crippen molar-refractivity contribution in [2.45, 2.75) is 38.3 Å². The minimum atomic E-state index is -0.321. The summed E-state index contributed by atoms with van der Waals surface area (Å²) >= 11 is 1.82. The van der Waals surface area contributed by atoms with Gasteiger partial charge in [-0.3, -0.25) is 4.90 Å². The Balaban J connectivity index is 1.33. The molecule has 5 nitrogen and oxygen atoms in total. The first-order valence-electron chi connectivity index (χ1n) is 9.07. The topological polar surface area (TPSA) is 44.3 Å². The highest BCUT2D eigenvalue weighted by molar-refractivity contribution is 7.09. The molecule has 0 unspecified atom stereocenters. The number of nitrogens with zero attached hydrogens (tertiary/aromatic N) is 4. The van der Waals surface area contributed by atoms with Crippen molar-refractivity contribution in [2.24, 2.45) is 0 Å². The second kappa shape index (κ2) is 7.66. The molecule has 2 saturated heterocycles. The molecule has 0 aliphatic carbocycles. The molecule has 25 heavy (non-hydrogen) atoms. The molecule has 0 radical (unpaired) electrons. The lowest BCUT2D eigenvalue weighted by Crippen LogP contribution is -2.38. The van der Waals surface area contributed by atoms with Gasteiger partial charge in [-0.2, -0.15) is 4.98 Å². The lowest BCUT2D eigenvalue weighted by atomic mass is 10.1. The molecule has 1 N–H and O–H groups in total. The van der Waals surface area contributed by atoms with E-state index < -0.39 is 0 Å². The van der Waals surface area contributed by atoms with Crippen LogP contribution in [0.15, 0.2) is 23.7 Å². The Hall–Kier alpha value is -1.73. The van der Waals surface area contributed by atoms with E-state index in [9.17, 15) is 4.39 Å². The Morgan fingerprint density at radius 2 is 2.00 bits per heavy atom. The van der Waals surface area contributed by atoms with Crippen molar-refractivity contribution in [3.8, 4) is 0 Å². The number of aromatic nitrogens is 2. The number of anilines is 2. The van der Waals surface area contributed by atoms with Crippen LogP contribution in [0.3, 0.4) is 0 Å². The second-order valence-electron chi connectivity index (χ2n) is 6.83. The number of hydrogen-bond acceptors (Lipinski definition) is 6. The van der Waals surface area contributed by atoms with Crippen molar-refractivity contribution in [3.63, 3.8) is 0 Å². The van der Waals surface area contributed by atoms with Crippen LogP contribution in [0.25, 0.3) is 0 Å². The molecular weight excluding hydrogens is 337 g/mol. The lowest BCUT2D eigenvalue weighted by molar-refractivity contribution is 0.212. The van der Waals surface area contributed by atoms with Crippen LogP contribution < -0.4 is 10.2 Å². The number of nitrogens with one attached hydrogen (secondary N) is 1. The van der Waals surface area contributed by atoms with E-state index in [-0.39, 0.29) is 5.82 Å². The average Bonchev–Trinajstić information content (AvgIpc) is 3.32. The van der Waals surface area contributed by atoms with Gasteiger partial charge >= 0.3 is 0 Å². The number of hydrogen-bond donors (Lipinski definition) is 1. The summed E-state index contributed by atoms with van der Waals surface area (Å²) in [5, 5.41) is 5.54. The van der Waals surface area contributed by atoms with E-state index in [0.717, 1.165) is 58.4 Å². The van der Waals surface area contributed by atoms with Gasteiger partial charge in [0.2, 0.25) is 5.95 Å². The standard InChI is InChI=1S/C18H24FN5S/c19-16-12-20-18(22-17(16)24-7-1-2-8-24)21-14-5-9-23(10-6-14)13-15-4-3-11-25-15/h3-4,11-12,14H,1-2,5-10,13H2,(H,20,21,22). The van der Waals surface area contributed by atoms with Crippen molar-refractivity contribution >= 4 is 23.1 Å². The zero-order valence-electron chi connectivity index (χ0n) is 14.3. The zero-order valence-corrected chi connectivity index (χ0v) is 15.1. The third kappa shape index (κ3) is 4.10. The monoisotopic (exact) mass is 361 g/mol. The molecule has 0 saturated carbocycles. The van der Waals surface area contributed by atoms with Gasteiger partial charge in [0.25, 0.3) is 0 Å². The van der Waals surface area contributed by atoms with Gasteiger partial charge in [-0.05, 0) is 37.1 Å². The fraction of sp³-hybridized carbons (Fsp3) is 0.556. The highest BCUT2D eigenvalue weighted by Gasteiger charge is 2.22. The van der Waals surface area contributed by atoms with Crippen LogP contribution >= 0.6 is 11.3 Å². The van der Waals surface area contributed by atoms with E-state index in [4.69, 9.17) is 0 Å². The highest BCUT2D eigenvalue weighted by atomic mass is 32.1. The molecule has 4 rings (SSSR count). The molecule has 2 aromatic heterocycles. The molecule has 7 heteroatoms. The van der Waals surface area contributed by atoms with Crippen LogP contribution in [-0.4, -0.2) is 47.1 Å². The quantitative estimate of drug-likeness (QED) is 0.885. The highest BCUT2D eigenvalue weighted by Crippen LogP contribution is 2.23. The Labute approximate surface area is 151 Å². The first-order chi connectivity index (χ1) is 12.3. The van der Waals surface area contributed by atoms with Crippen molar-refractivity contribution in [1.82, 2.24) is 14.9 Å². The van der Waals surface area contributed by atoms with Crippen LogP contribution in [-0.2, 0) is 6.54 Å². The maximum absolute atomic E-state index is 14.0. The maximum Gasteiger partial charge on any atom is 0.225 e. The van der Waals surface area contributed by atoms with Crippen LogP contribution in [0, 0.1) is 5.82 Å². The normalized spacial score (nSPS) is 19.5. The maximum atomic E-state index is 14.0. The van der Waals surface area contributed by atoms with Crippen molar-refractivity contribution in [3.05, 3.63) is 34.4 Å². The van der Waals surface area contributed by atoms with Crippen molar-refractivity contribution < 1.29 is 4.39 Å². The Morgan fingerprint density at radius 1 is 1.20 bits per heavy atom. The molecule has 134 valence electrons. The molecule has 0 aromatic carbocycles. The molecule has 0 amide bonds. The smallest absolute Gasteiger partial charge is 0.225 e. The van der Waals surface area contributed by atoms with Gasteiger partial charge in [-0.15, -0.1) is 11.3 Å². The Bertz CT molecular complexity index is 679. The third-order valence-electron chi connectivity index (χ3n) is 5.01. The largest absolute Gasteiger partial charge is 0.354 e. The first-order valence-corrected chi connectivity index (χ1v) is 9.94. The van der Waals surface area contributed by atoms with Gasteiger partial charge in [0.15, 0.2) is 11.6 Å².